The van der Waals surface area contributed by atoms with Crippen LogP contribution in [0.1, 0.15) is 34.1 Å². The van der Waals surface area contributed by atoms with Gasteiger partial charge in [-0.1, -0.05) is 13.8 Å². The number of rotatable bonds is 6. The minimum absolute atomic E-state index is 0.213. The van der Waals surface area contributed by atoms with E-state index in [0.29, 0.717) is 4.90 Å². The van der Waals surface area contributed by atoms with Crippen LogP contribution in [0.4, 0.5) is 0 Å². The van der Waals surface area contributed by atoms with Crippen LogP contribution in [0.25, 0.3) is 0 Å². The third kappa shape index (κ3) is 3.25. The molecule has 0 fully saturated rings. The molecule has 0 rings (SSSR count). The minimum Gasteiger partial charge on any atom is -0.376 e. The lowest BCUT2D eigenvalue weighted by molar-refractivity contribution is -0.409. The van der Waals surface area contributed by atoms with Crippen molar-refractivity contribution in [2.75, 3.05) is 7.05 Å². The summed E-state index contributed by atoms with van der Waals surface area (Å²) in [6.07, 6.45) is -0.240. The Bertz CT molecular complexity index is 309. The maximum Gasteiger partial charge on any atom is 0.266 e. The Morgan fingerprint density at radius 2 is 1.56 bits per heavy atom. The van der Waals surface area contributed by atoms with Crippen molar-refractivity contribution in [2.24, 2.45) is 5.92 Å². The summed E-state index contributed by atoms with van der Waals surface area (Å²) in [5.74, 6) is -6.81. The number of likely N-dealkylation sites (N-methyl/N-ethyl adjacent to an activating group) is 1. The number of nitrogens with zero attached hydrogens (tertiary/aromatic N) is 1. The Kier molecular flexibility index (Phi) is 5.03. The molecule has 0 heterocycles. The van der Waals surface area contributed by atoms with Gasteiger partial charge in [-0.25, -0.2) is 4.90 Å². The van der Waals surface area contributed by atoms with Gasteiger partial charge in [-0.05, 0) is 26.3 Å². The molecule has 0 aliphatic heterocycles. The van der Waals surface area contributed by atoms with Crippen molar-refractivity contribution < 1.29 is 30.3 Å². The molecule has 1 unspecified atom stereocenters. The molecule has 0 saturated heterocycles. The molecule has 7 nitrogen and oxygen atoms in total. The van der Waals surface area contributed by atoms with Crippen molar-refractivity contribution in [3.8, 4) is 0 Å². The first kappa shape index (κ1) is 17.4. The molecule has 0 spiro atoms. The van der Waals surface area contributed by atoms with Crippen LogP contribution >= 0.6 is 0 Å². The SMILES string of the molecule is CC(=O)C(O)(CC(C)C)C(O)(O)N(C)C(C)(O)O. The number of carbonyl (C=O) groups is 1. The van der Waals surface area contributed by atoms with Gasteiger partial charge in [-0.15, -0.1) is 0 Å². The average Bonchev–Trinajstić information content (AvgIpc) is 2.13. The van der Waals surface area contributed by atoms with Gasteiger partial charge >= 0.3 is 0 Å². The van der Waals surface area contributed by atoms with Gasteiger partial charge in [0.05, 0.1) is 0 Å². The number of Topliss-reactive ketones (excluding diaryl/α,β-unsaturated/α-hetero) is 1. The van der Waals surface area contributed by atoms with E-state index in [0.717, 1.165) is 20.9 Å². The quantitative estimate of drug-likeness (QED) is 0.374. The van der Waals surface area contributed by atoms with E-state index in [1.165, 1.54) is 0 Å². The zero-order chi connectivity index (χ0) is 14.9. The molecule has 1 atom stereocenters. The molecule has 7 heteroatoms. The van der Waals surface area contributed by atoms with E-state index in [9.17, 15) is 30.3 Å². The van der Waals surface area contributed by atoms with Crippen molar-refractivity contribution in [2.45, 2.75) is 51.5 Å². The fourth-order valence-corrected chi connectivity index (χ4v) is 1.68. The molecule has 0 amide bonds. The first-order chi connectivity index (χ1) is 7.76. The molecule has 0 aromatic rings. The van der Waals surface area contributed by atoms with E-state index in [1.54, 1.807) is 13.8 Å². The lowest BCUT2D eigenvalue weighted by Crippen LogP contribution is -2.71. The fourth-order valence-electron chi connectivity index (χ4n) is 1.68. The van der Waals surface area contributed by atoms with Crippen LogP contribution in [0.5, 0.6) is 0 Å². The molecule has 5 N–H and O–H groups in total. The number of ketones is 1. The van der Waals surface area contributed by atoms with Crippen molar-refractivity contribution in [3.63, 3.8) is 0 Å². The molecule has 108 valence electrons. The molecule has 0 radical (unpaired) electrons. The van der Waals surface area contributed by atoms with Crippen molar-refractivity contribution in [1.82, 2.24) is 4.90 Å². The Hall–Kier alpha value is -0.570. The van der Waals surface area contributed by atoms with Gasteiger partial charge in [0.2, 0.25) is 5.91 Å². The standard InChI is InChI=1S/C11H23NO6/c1-7(2)6-10(16,8(3)13)11(17,18)12(5)9(4,14)15/h7,14-18H,6H2,1-5H3. The van der Waals surface area contributed by atoms with Gasteiger partial charge < -0.3 is 25.5 Å². The average molecular weight is 265 g/mol. The molecule has 0 bridgehead atoms. The van der Waals surface area contributed by atoms with E-state index in [-0.39, 0.29) is 12.3 Å². The molecule has 0 aromatic heterocycles. The Labute approximate surface area is 106 Å². The molecule has 0 saturated carbocycles. The van der Waals surface area contributed by atoms with Crippen LogP contribution in [0.15, 0.2) is 0 Å². The molecule has 0 aliphatic carbocycles. The predicted octanol–water partition coefficient (Wildman–Crippen LogP) is -1.42. The van der Waals surface area contributed by atoms with E-state index in [1.807, 2.05) is 0 Å². The van der Waals surface area contributed by atoms with Crippen LogP contribution in [0.2, 0.25) is 0 Å². The summed E-state index contributed by atoms with van der Waals surface area (Å²) in [6, 6.07) is 0. The zero-order valence-electron chi connectivity index (χ0n) is 11.4. The van der Waals surface area contributed by atoms with Crippen LogP contribution in [0.3, 0.4) is 0 Å². The van der Waals surface area contributed by atoms with Gasteiger partial charge in [-0.2, -0.15) is 0 Å². The monoisotopic (exact) mass is 265 g/mol. The highest BCUT2D eigenvalue weighted by atomic mass is 16.6. The topological polar surface area (TPSA) is 121 Å². The summed E-state index contributed by atoms with van der Waals surface area (Å²) in [7, 11) is 0.967. The second kappa shape index (κ2) is 5.20. The van der Waals surface area contributed by atoms with Gasteiger partial charge in [0.25, 0.3) is 5.91 Å². The Morgan fingerprint density at radius 3 is 1.78 bits per heavy atom. The smallest absolute Gasteiger partial charge is 0.266 e. The van der Waals surface area contributed by atoms with Crippen LogP contribution in [-0.2, 0) is 4.79 Å². The first-order valence-corrected chi connectivity index (χ1v) is 5.63. The minimum atomic E-state index is -3.11. The lowest BCUT2D eigenvalue weighted by atomic mass is 9.84. The summed E-state index contributed by atoms with van der Waals surface area (Å²) in [5.41, 5.74) is -2.53. The highest BCUT2D eigenvalue weighted by Crippen LogP contribution is 2.33. The third-order valence-electron chi connectivity index (χ3n) is 2.94. The highest BCUT2D eigenvalue weighted by molar-refractivity contribution is 5.85. The second-order valence-corrected chi connectivity index (χ2v) is 5.18. The molecule has 18 heavy (non-hydrogen) atoms. The molecular formula is C11H23NO6. The summed E-state index contributed by atoms with van der Waals surface area (Å²) < 4.78 is 0. The second-order valence-electron chi connectivity index (χ2n) is 5.18. The van der Waals surface area contributed by atoms with Crippen molar-refractivity contribution in [3.05, 3.63) is 0 Å². The van der Waals surface area contributed by atoms with Crippen LogP contribution in [0, 0.1) is 5.92 Å². The normalized spacial score (nSPS) is 17.1. The fraction of sp³-hybridized carbons (Fsp3) is 0.909. The van der Waals surface area contributed by atoms with E-state index in [4.69, 9.17) is 0 Å². The maximum absolute atomic E-state index is 11.5. The van der Waals surface area contributed by atoms with Crippen molar-refractivity contribution in [1.29, 1.82) is 0 Å². The molecule has 0 aliphatic rings. The van der Waals surface area contributed by atoms with Gasteiger partial charge in [-0.3, -0.25) is 4.79 Å². The lowest BCUT2D eigenvalue weighted by Gasteiger charge is -2.46. The largest absolute Gasteiger partial charge is 0.376 e. The summed E-state index contributed by atoms with van der Waals surface area (Å²) >= 11 is 0. The van der Waals surface area contributed by atoms with E-state index in [2.05, 4.69) is 0 Å². The van der Waals surface area contributed by atoms with Crippen LogP contribution in [-0.4, -0.2) is 60.7 Å². The predicted molar refractivity (Wildman–Crippen MR) is 62.9 cm³/mol. The number of carbonyl (C=O) groups excluding carboxylic acids is 1. The number of hydrogen-bond acceptors (Lipinski definition) is 7. The van der Waals surface area contributed by atoms with Gasteiger partial charge in [0, 0.05) is 6.92 Å². The summed E-state index contributed by atoms with van der Waals surface area (Å²) in [5, 5.41) is 48.8. The summed E-state index contributed by atoms with van der Waals surface area (Å²) in [6.45, 7) is 5.25. The molecular weight excluding hydrogens is 242 g/mol. The summed E-state index contributed by atoms with van der Waals surface area (Å²) in [4.78, 5) is 11.8. The number of aliphatic hydroxyl groups is 5. The van der Waals surface area contributed by atoms with Gasteiger partial charge in [0.1, 0.15) is 0 Å². The van der Waals surface area contributed by atoms with Gasteiger partial charge in [0.15, 0.2) is 11.4 Å². The van der Waals surface area contributed by atoms with E-state index < -0.39 is 23.2 Å². The molecule has 0 aromatic carbocycles. The Morgan fingerprint density at radius 1 is 1.17 bits per heavy atom. The van der Waals surface area contributed by atoms with E-state index >= 15 is 0 Å². The number of hydrogen-bond donors (Lipinski definition) is 5. The van der Waals surface area contributed by atoms with Crippen LogP contribution < -0.4 is 0 Å². The Balaban J connectivity index is 5.55. The van der Waals surface area contributed by atoms with Crippen molar-refractivity contribution >= 4 is 5.78 Å². The third-order valence-corrected chi connectivity index (χ3v) is 2.94. The highest BCUT2D eigenvalue weighted by Gasteiger charge is 2.58. The zero-order valence-corrected chi connectivity index (χ0v) is 11.4. The first-order valence-electron chi connectivity index (χ1n) is 5.63. The maximum atomic E-state index is 11.5.